The van der Waals surface area contributed by atoms with Crippen LogP contribution in [-0.2, 0) is 10.8 Å². The molecule has 0 saturated carbocycles. The van der Waals surface area contributed by atoms with Gasteiger partial charge in [0.2, 0.25) is 5.95 Å². The molecule has 0 amide bonds. The largest absolute Gasteiger partial charge is 0.353 e. The Balaban J connectivity index is 1.65. The van der Waals surface area contributed by atoms with Crippen molar-refractivity contribution >= 4 is 45.1 Å². The lowest BCUT2D eigenvalue weighted by Crippen LogP contribution is -2.44. The van der Waals surface area contributed by atoms with Crippen LogP contribution >= 0.6 is 0 Å². The molecule has 4 heterocycles. The van der Waals surface area contributed by atoms with Gasteiger partial charge in [-0.25, -0.2) is 15.0 Å². The fraction of sp³-hybridized carbons (Fsp3) is 0.429. The van der Waals surface area contributed by atoms with Gasteiger partial charge in [0.15, 0.2) is 11.6 Å². The van der Waals surface area contributed by atoms with Crippen LogP contribution in [0.1, 0.15) is 0 Å². The summed E-state index contributed by atoms with van der Waals surface area (Å²) in [4.78, 5) is 25.5. The average molecular weight is 439 g/mol. The molecular weight excluding hydrogens is 412 g/mol. The number of para-hydroxylation sites is 1. The van der Waals surface area contributed by atoms with Crippen molar-refractivity contribution in [3.8, 4) is 0 Å². The number of hydrogen-bond donors (Lipinski definition) is 1. The highest BCUT2D eigenvalue weighted by Gasteiger charge is 2.25. The average Bonchev–Trinajstić information content (AvgIpc) is 2.84. The molecule has 0 radical (unpaired) electrons. The molecule has 0 atom stereocenters. The Morgan fingerprint density at radius 3 is 2.42 bits per heavy atom. The minimum Gasteiger partial charge on any atom is -0.353 e. The normalized spacial score (nSPS) is 17.8. The Bertz CT molecular complexity index is 1080. The first kappa shape index (κ1) is 20.1. The number of piperazine rings is 1. The van der Waals surface area contributed by atoms with Crippen LogP contribution < -0.4 is 20.0 Å². The Labute approximate surface area is 184 Å². The summed E-state index contributed by atoms with van der Waals surface area (Å²) >= 11 is 0. The number of nitrogens with one attached hydrogen (secondary N) is 1. The highest BCUT2D eigenvalue weighted by Crippen LogP contribution is 2.32. The standard InChI is InChI=1S/C21H26N8OS/c1-27(16-5-3-2-4-6-16)19-18-17(23-15-24-19)20(28-11-13-31(30)14-12-28)26-21(25-18)29-9-7-22-8-10-29/h2-6,15,22H,7-14H2,1H3. The van der Waals surface area contributed by atoms with Crippen LogP contribution in [-0.4, -0.2) is 82.0 Å². The van der Waals surface area contributed by atoms with Gasteiger partial charge >= 0.3 is 0 Å². The van der Waals surface area contributed by atoms with Gasteiger partial charge in [0.05, 0.1) is 0 Å². The van der Waals surface area contributed by atoms with E-state index in [0.717, 1.165) is 54.5 Å². The van der Waals surface area contributed by atoms with Gasteiger partial charge in [-0.3, -0.25) is 4.21 Å². The summed E-state index contributed by atoms with van der Waals surface area (Å²) < 4.78 is 11.9. The highest BCUT2D eigenvalue weighted by atomic mass is 32.2. The Morgan fingerprint density at radius 1 is 0.935 bits per heavy atom. The Hall–Kier alpha value is -2.85. The predicted octanol–water partition coefficient (Wildman–Crippen LogP) is 1.17. The molecule has 2 aromatic heterocycles. The molecule has 0 unspecified atom stereocenters. The van der Waals surface area contributed by atoms with Crippen LogP contribution in [0.25, 0.3) is 11.0 Å². The third kappa shape index (κ3) is 4.05. The zero-order valence-corrected chi connectivity index (χ0v) is 18.4. The molecule has 0 aliphatic carbocycles. The molecule has 10 heteroatoms. The summed E-state index contributed by atoms with van der Waals surface area (Å²) in [5.74, 6) is 3.55. The van der Waals surface area contributed by atoms with Crippen LogP contribution in [0.2, 0.25) is 0 Å². The van der Waals surface area contributed by atoms with E-state index in [0.29, 0.717) is 30.5 Å². The van der Waals surface area contributed by atoms with Gasteiger partial charge in [-0.15, -0.1) is 0 Å². The summed E-state index contributed by atoms with van der Waals surface area (Å²) in [5, 5.41) is 3.38. The minimum atomic E-state index is -0.759. The maximum Gasteiger partial charge on any atom is 0.228 e. The third-order valence-corrected chi connectivity index (χ3v) is 7.05. The zero-order chi connectivity index (χ0) is 21.2. The van der Waals surface area contributed by atoms with Gasteiger partial charge < -0.3 is 20.0 Å². The number of fused-ring (bicyclic) bond motifs is 1. The molecule has 0 spiro atoms. The van der Waals surface area contributed by atoms with Gasteiger partial charge in [-0.2, -0.15) is 4.98 Å². The van der Waals surface area contributed by atoms with Gasteiger partial charge in [-0.05, 0) is 12.1 Å². The van der Waals surface area contributed by atoms with Crippen molar-refractivity contribution in [3.05, 3.63) is 36.7 Å². The fourth-order valence-electron chi connectivity index (χ4n) is 4.00. The van der Waals surface area contributed by atoms with Crippen molar-refractivity contribution in [2.75, 3.05) is 72.5 Å². The van der Waals surface area contributed by atoms with E-state index < -0.39 is 10.8 Å². The number of nitrogens with zero attached hydrogens (tertiary/aromatic N) is 7. The first-order chi connectivity index (χ1) is 15.2. The smallest absolute Gasteiger partial charge is 0.228 e. The summed E-state index contributed by atoms with van der Waals surface area (Å²) in [7, 11) is 1.23. The van der Waals surface area contributed by atoms with Gasteiger partial charge in [0, 0.05) is 74.3 Å². The molecule has 0 bridgehead atoms. The van der Waals surface area contributed by atoms with Crippen LogP contribution in [0, 0.1) is 0 Å². The van der Waals surface area contributed by atoms with E-state index in [-0.39, 0.29) is 0 Å². The maximum absolute atomic E-state index is 11.9. The van der Waals surface area contributed by atoms with Crippen LogP contribution in [0.3, 0.4) is 0 Å². The van der Waals surface area contributed by atoms with Crippen molar-refractivity contribution in [2.45, 2.75) is 0 Å². The van der Waals surface area contributed by atoms with E-state index in [1.165, 1.54) is 0 Å². The second kappa shape index (κ2) is 8.72. The molecule has 2 aliphatic rings. The Kier molecular flexibility index (Phi) is 5.65. The summed E-state index contributed by atoms with van der Waals surface area (Å²) in [6.07, 6.45) is 1.58. The van der Waals surface area contributed by atoms with Gasteiger partial charge in [0.1, 0.15) is 17.4 Å². The van der Waals surface area contributed by atoms with Crippen LogP contribution in [0.15, 0.2) is 36.7 Å². The molecule has 31 heavy (non-hydrogen) atoms. The van der Waals surface area contributed by atoms with E-state index in [9.17, 15) is 4.21 Å². The van der Waals surface area contributed by atoms with E-state index >= 15 is 0 Å². The number of aromatic nitrogens is 4. The molecule has 9 nitrogen and oxygen atoms in total. The molecule has 1 N–H and O–H groups in total. The van der Waals surface area contributed by atoms with Crippen LogP contribution in [0.5, 0.6) is 0 Å². The fourth-order valence-corrected chi connectivity index (χ4v) is 5.06. The first-order valence-corrected chi connectivity index (χ1v) is 12.1. The molecular formula is C21H26N8OS. The van der Waals surface area contributed by atoms with E-state index in [1.807, 2.05) is 42.3 Å². The van der Waals surface area contributed by atoms with Crippen molar-refractivity contribution in [3.63, 3.8) is 0 Å². The maximum atomic E-state index is 11.9. The second-order valence-electron chi connectivity index (χ2n) is 7.71. The van der Waals surface area contributed by atoms with E-state index in [4.69, 9.17) is 9.97 Å². The van der Waals surface area contributed by atoms with Crippen molar-refractivity contribution < 1.29 is 4.21 Å². The van der Waals surface area contributed by atoms with E-state index in [1.54, 1.807) is 6.33 Å². The lowest BCUT2D eigenvalue weighted by atomic mass is 10.2. The lowest BCUT2D eigenvalue weighted by molar-refractivity contribution is 0.580. The summed E-state index contributed by atoms with van der Waals surface area (Å²) in [6.45, 7) is 4.92. The molecule has 5 rings (SSSR count). The first-order valence-electron chi connectivity index (χ1n) is 10.6. The molecule has 2 fully saturated rings. The third-order valence-electron chi connectivity index (χ3n) is 5.77. The zero-order valence-electron chi connectivity index (χ0n) is 17.6. The Morgan fingerprint density at radius 2 is 1.68 bits per heavy atom. The van der Waals surface area contributed by atoms with Gasteiger partial charge in [0.25, 0.3) is 0 Å². The van der Waals surface area contributed by atoms with E-state index in [2.05, 4.69) is 25.1 Å². The molecule has 2 aliphatic heterocycles. The number of anilines is 4. The number of rotatable bonds is 4. The lowest BCUT2D eigenvalue weighted by Gasteiger charge is -2.31. The second-order valence-corrected chi connectivity index (χ2v) is 9.40. The molecule has 3 aromatic rings. The molecule has 2 saturated heterocycles. The highest BCUT2D eigenvalue weighted by molar-refractivity contribution is 7.85. The number of hydrogen-bond acceptors (Lipinski definition) is 9. The van der Waals surface area contributed by atoms with Gasteiger partial charge in [-0.1, -0.05) is 18.2 Å². The SMILES string of the molecule is CN(c1ccccc1)c1ncnc2c(N3CCS(=O)CC3)nc(N3CCNCC3)nc12. The van der Waals surface area contributed by atoms with Crippen molar-refractivity contribution in [2.24, 2.45) is 0 Å². The summed E-state index contributed by atoms with van der Waals surface area (Å²) in [6, 6.07) is 10.1. The summed E-state index contributed by atoms with van der Waals surface area (Å²) in [5.41, 5.74) is 2.50. The predicted molar refractivity (Wildman–Crippen MR) is 125 cm³/mol. The molecule has 1 aromatic carbocycles. The topological polar surface area (TPSA) is 90.4 Å². The molecule has 162 valence electrons. The van der Waals surface area contributed by atoms with Crippen LogP contribution in [0.4, 0.5) is 23.3 Å². The van der Waals surface area contributed by atoms with Crippen molar-refractivity contribution in [1.82, 2.24) is 25.3 Å². The van der Waals surface area contributed by atoms with Crippen molar-refractivity contribution in [1.29, 1.82) is 0 Å². The monoisotopic (exact) mass is 438 g/mol. The minimum absolute atomic E-state index is 0.649. The number of benzene rings is 1. The quantitative estimate of drug-likeness (QED) is 0.644.